The van der Waals surface area contributed by atoms with Crippen molar-refractivity contribution >= 4 is 17.9 Å². The van der Waals surface area contributed by atoms with Crippen molar-refractivity contribution in [2.24, 2.45) is 16.2 Å². The van der Waals surface area contributed by atoms with Gasteiger partial charge in [0.2, 0.25) is 0 Å². The molecule has 0 aromatic heterocycles. The minimum atomic E-state index is -1.18. The van der Waals surface area contributed by atoms with E-state index < -0.39 is 40.9 Å². The molecule has 134 valence electrons. The fourth-order valence-corrected chi connectivity index (χ4v) is 2.97. The molecule has 0 radical (unpaired) electrons. The molecule has 0 rings (SSSR count). The van der Waals surface area contributed by atoms with Gasteiger partial charge in [-0.1, -0.05) is 6.92 Å². The maximum absolute atomic E-state index is 12.3. The van der Waals surface area contributed by atoms with Crippen LogP contribution in [0.15, 0.2) is 0 Å². The van der Waals surface area contributed by atoms with E-state index in [4.69, 9.17) is 9.84 Å². The molecular formula is C16H28O7. The number of rotatable bonds is 9. The van der Waals surface area contributed by atoms with Gasteiger partial charge in [-0.25, -0.2) is 0 Å². The number of carbonyl (C=O) groups is 3. The smallest absolute Gasteiger partial charge is 0.313 e. The van der Waals surface area contributed by atoms with Crippen molar-refractivity contribution < 1.29 is 34.1 Å². The van der Waals surface area contributed by atoms with Crippen LogP contribution < -0.4 is 0 Å². The predicted octanol–water partition coefficient (Wildman–Crippen LogP) is 1.97. The van der Waals surface area contributed by atoms with E-state index in [-0.39, 0.29) is 12.8 Å². The Bertz CT molecular complexity index is 457. The molecule has 2 N–H and O–H groups in total. The molecule has 7 nitrogen and oxygen atoms in total. The highest BCUT2D eigenvalue weighted by Crippen LogP contribution is 2.45. The van der Waals surface area contributed by atoms with Crippen LogP contribution in [0.2, 0.25) is 0 Å². The van der Waals surface area contributed by atoms with Crippen LogP contribution in [-0.2, 0) is 23.9 Å². The Balaban J connectivity index is 5.64. The number of esters is 2. The zero-order chi connectivity index (χ0) is 18.5. The van der Waals surface area contributed by atoms with Crippen LogP contribution in [0.25, 0.3) is 0 Å². The number of ether oxygens (including phenoxy) is 2. The zero-order valence-electron chi connectivity index (χ0n) is 14.8. The van der Waals surface area contributed by atoms with E-state index in [1.165, 1.54) is 7.11 Å². The third kappa shape index (κ3) is 5.20. The molecule has 2 atom stereocenters. The Morgan fingerprint density at radius 3 is 1.83 bits per heavy atom. The first-order valence-corrected chi connectivity index (χ1v) is 7.48. The van der Waals surface area contributed by atoms with Crippen LogP contribution in [0, 0.1) is 16.2 Å². The molecule has 0 aromatic carbocycles. The molecule has 7 heteroatoms. The normalized spacial score (nSPS) is 16.8. The van der Waals surface area contributed by atoms with Crippen molar-refractivity contribution in [1.82, 2.24) is 0 Å². The topological polar surface area (TPSA) is 110 Å². The van der Waals surface area contributed by atoms with Crippen LogP contribution >= 0.6 is 0 Å². The van der Waals surface area contributed by atoms with E-state index in [0.29, 0.717) is 6.42 Å². The molecule has 0 spiro atoms. The highest BCUT2D eigenvalue weighted by Gasteiger charge is 2.49. The summed E-state index contributed by atoms with van der Waals surface area (Å²) in [4.78, 5) is 35.8. The van der Waals surface area contributed by atoms with E-state index in [2.05, 4.69) is 4.74 Å². The summed E-state index contributed by atoms with van der Waals surface area (Å²) in [6.07, 6.45) is 0.388. The summed E-state index contributed by atoms with van der Waals surface area (Å²) in [6.45, 7) is 7.29. The van der Waals surface area contributed by atoms with E-state index in [0.717, 1.165) is 0 Å². The number of carbonyl (C=O) groups excluding carboxylic acids is 2. The van der Waals surface area contributed by atoms with Crippen molar-refractivity contribution in [1.29, 1.82) is 0 Å². The number of carboxylic acids is 1. The summed E-state index contributed by atoms with van der Waals surface area (Å²) < 4.78 is 9.46. The van der Waals surface area contributed by atoms with Gasteiger partial charge in [-0.2, -0.15) is 0 Å². The summed E-state index contributed by atoms with van der Waals surface area (Å²) in [5.41, 5.74) is -3.39. The third-order valence-corrected chi connectivity index (χ3v) is 4.34. The maximum Gasteiger partial charge on any atom is 0.313 e. The first-order chi connectivity index (χ1) is 10.4. The molecule has 0 saturated carbocycles. The van der Waals surface area contributed by atoms with Crippen LogP contribution in [0.4, 0.5) is 0 Å². The van der Waals surface area contributed by atoms with Gasteiger partial charge in [0, 0.05) is 0 Å². The average Bonchev–Trinajstić information content (AvgIpc) is 2.45. The fourth-order valence-electron chi connectivity index (χ4n) is 2.97. The molecule has 0 amide bonds. The van der Waals surface area contributed by atoms with Crippen molar-refractivity contribution in [2.45, 2.75) is 53.9 Å². The van der Waals surface area contributed by atoms with Crippen molar-refractivity contribution in [3.63, 3.8) is 0 Å². The number of aliphatic hydroxyl groups is 1. The van der Waals surface area contributed by atoms with E-state index in [1.807, 2.05) is 0 Å². The quantitative estimate of drug-likeness (QED) is 0.490. The Morgan fingerprint density at radius 1 is 0.957 bits per heavy atom. The van der Waals surface area contributed by atoms with Crippen molar-refractivity contribution in [3.05, 3.63) is 0 Å². The molecule has 0 aromatic rings. The Labute approximate surface area is 137 Å². The lowest BCUT2D eigenvalue weighted by Gasteiger charge is -2.38. The van der Waals surface area contributed by atoms with Crippen molar-refractivity contribution in [3.8, 4) is 0 Å². The van der Waals surface area contributed by atoms with E-state index in [9.17, 15) is 19.5 Å². The first kappa shape index (κ1) is 21.4. The van der Waals surface area contributed by atoms with Gasteiger partial charge in [0.15, 0.2) is 6.79 Å². The highest BCUT2D eigenvalue weighted by molar-refractivity contribution is 5.82. The van der Waals surface area contributed by atoms with Gasteiger partial charge >= 0.3 is 17.9 Å². The molecule has 0 saturated heterocycles. The second-order valence-electron chi connectivity index (χ2n) is 7.07. The number of hydrogen-bond donors (Lipinski definition) is 2. The van der Waals surface area contributed by atoms with Gasteiger partial charge in [-0.15, -0.1) is 0 Å². The molecule has 0 aliphatic rings. The van der Waals surface area contributed by atoms with Gasteiger partial charge < -0.3 is 19.7 Å². The lowest BCUT2D eigenvalue weighted by Crippen LogP contribution is -2.43. The van der Waals surface area contributed by atoms with Crippen LogP contribution in [0.1, 0.15) is 53.9 Å². The number of carboxylic acid groups (broad SMARTS) is 1. The summed E-state index contributed by atoms with van der Waals surface area (Å²) >= 11 is 0. The Hall–Kier alpha value is -1.63. The summed E-state index contributed by atoms with van der Waals surface area (Å²) in [7, 11) is 1.23. The predicted molar refractivity (Wildman–Crippen MR) is 82.3 cm³/mol. The van der Waals surface area contributed by atoms with Crippen LogP contribution in [0.5, 0.6) is 0 Å². The summed E-state index contributed by atoms with van der Waals surface area (Å²) in [5.74, 6) is -2.25. The average molecular weight is 332 g/mol. The van der Waals surface area contributed by atoms with E-state index >= 15 is 0 Å². The highest BCUT2D eigenvalue weighted by atomic mass is 16.6. The summed E-state index contributed by atoms with van der Waals surface area (Å²) in [5, 5.41) is 18.2. The molecule has 0 heterocycles. The fraction of sp³-hybridized carbons (Fsp3) is 0.812. The largest absolute Gasteiger partial charge is 0.481 e. The van der Waals surface area contributed by atoms with Gasteiger partial charge in [0.05, 0.1) is 23.4 Å². The van der Waals surface area contributed by atoms with Gasteiger partial charge in [-0.05, 0) is 47.0 Å². The lowest BCUT2D eigenvalue weighted by molar-refractivity contribution is -0.169. The Morgan fingerprint density at radius 2 is 1.48 bits per heavy atom. The number of methoxy groups -OCH3 is 1. The van der Waals surface area contributed by atoms with Gasteiger partial charge in [0.25, 0.3) is 0 Å². The van der Waals surface area contributed by atoms with Crippen LogP contribution in [-0.4, -0.2) is 42.0 Å². The molecule has 0 aliphatic heterocycles. The number of hydrogen-bond acceptors (Lipinski definition) is 6. The number of aliphatic carboxylic acids is 1. The van der Waals surface area contributed by atoms with Gasteiger partial charge in [0.1, 0.15) is 0 Å². The molecule has 23 heavy (non-hydrogen) atoms. The second-order valence-corrected chi connectivity index (χ2v) is 7.07. The molecule has 2 unspecified atom stereocenters. The Kier molecular flexibility index (Phi) is 7.22. The molecule has 0 aliphatic carbocycles. The van der Waals surface area contributed by atoms with E-state index in [1.54, 1.807) is 34.6 Å². The van der Waals surface area contributed by atoms with Crippen LogP contribution in [0.3, 0.4) is 0 Å². The minimum absolute atomic E-state index is 0.0222. The first-order valence-electron chi connectivity index (χ1n) is 7.48. The summed E-state index contributed by atoms with van der Waals surface area (Å²) in [6, 6.07) is 0. The third-order valence-electron chi connectivity index (χ3n) is 4.34. The SMILES string of the molecule is CCC(C)(CC(C)(CC(C)(C)C(=O)OCO)C(=O)OC)C(=O)O. The minimum Gasteiger partial charge on any atom is -0.481 e. The van der Waals surface area contributed by atoms with Crippen molar-refractivity contribution in [2.75, 3.05) is 13.9 Å². The molecule has 0 bridgehead atoms. The standard InChI is InChI=1S/C16H28O7/c1-7-15(4,11(18)19)9-16(5,13(21)22-6)8-14(2,3)12(20)23-10-17/h17H,7-10H2,1-6H3,(H,18,19). The lowest BCUT2D eigenvalue weighted by atomic mass is 9.65. The second kappa shape index (κ2) is 7.77. The number of aliphatic hydroxyl groups excluding tert-OH is 1. The van der Waals surface area contributed by atoms with Gasteiger partial charge in [-0.3, -0.25) is 14.4 Å². The zero-order valence-corrected chi connectivity index (χ0v) is 14.8. The monoisotopic (exact) mass is 332 g/mol. The molecule has 0 fully saturated rings. The maximum atomic E-state index is 12.3. The molecular weight excluding hydrogens is 304 g/mol.